The van der Waals surface area contributed by atoms with Crippen LogP contribution in [0.3, 0.4) is 0 Å². The van der Waals surface area contributed by atoms with Gasteiger partial charge in [-0.05, 0) is 0 Å². The molecule has 1 fully saturated rings. The van der Waals surface area contributed by atoms with Crippen LogP contribution in [0.25, 0.3) is 0 Å². The van der Waals surface area contributed by atoms with Gasteiger partial charge in [0.2, 0.25) is 5.75 Å². The van der Waals surface area contributed by atoms with Crippen LogP contribution in [0.5, 0.6) is 17.2 Å². The summed E-state index contributed by atoms with van der Waals surface area (Å²) in [6.07, 6.45) is 1.68. The van der Waals surface area contributed by atoms with Crippen LogP contribution in [0, 0.1) is 0 Å². The Morgan fingerprint density at radius 2 is 1.88 bits per heavy atom. The highest BCUT2D eigenvalue weighted by atomic mass is 16.5. The van der Waals surface area contributed by atoms with E-state index in [0.717, 1.165) is 0 Å². The lowest BCUT2D eigenvalue weighted by atomic mass is 10.1. The maximum Gasteiger partial charge on any atom is 0.253 e. The first kappa shape index (κ1) is 16.2. The number of nitrogens with one attached hydrogen (secondary N) is 2. The third-order valence-electron chi connectivity index (χ3n) is 4.01. The zero-order valence-corrected chi connectivity index (χ0v) is 13.7. The van der Waals surface area contributed by atoms with Crippen molar-refractivity contribution in [2.24, 2.45) is 0 Å². The molecule has 0 saturated carbocycles. The molecule has 3 N–H and O–H groups in total. The van der Waals surface area contributed by atoms with Gasteiger partial charge in [-0.2, -0.15) is 0 Å². The van der Waals surface area contributed by atoms with E-state index in [1.807, 2.05) is 0 Å². The van der Waals surface area contributed by atoms with Crippen molar-refractivity contribution < 1.29 is 24.1 Å². The van der Waals surface area contributed by atoms with Gasteiger partial charge in [-0.3, -0.25) is 9.80 Å². The monoisotopic (exact) mass is 336 g/mol. The van der Waals surface area contributed by atoms with E-state index < -0.39 is 0 Å². The maximum absolute atomic E-state index is 12.5. The highest BCUT2D eigenvalue weighted by Crippen LogP contribution is 2.42. The number of anilines is 1. The van der Waals surface area contributed by atoms with E-state index >= 15 is 0 Å². The number of methoxy groups -OCH3 is 3. The number of hydrogen-bond acceptors (Lipinski definition) is 8. The first-order valence-corrected chi connectivity index (χ1v) is 7.35. The Morgan fingerprint density at radius 1 is 1.21 bits per heavy atom. The number of aliphatic hydroxyl groups excluding tert-OH is 1. The lowest BCUT2D eigenvalue weighted by molar-refractivity contribution is -0.129. The summed E-state index contributed by atoms with van der Waals surface area (Å²) < 4.78 is 15.9. The molecule has 1 aromatic carbocycles. The molecule has 1 saturated heterocycles. The van der Waals surface area contributed by atoms with Crippen LogP contribution >= 0.6 is 0 Å². The van der Waals surface area contributed by atoms with Gasteiger partial charge >= 0.3 is 0 Å². The van der Waals surface area contributed by atoms with E-state index in [2.05, 4.69) is 11.0 Å². The van der Waals surface area contributed by atoms with Gasteiger partial charge in [0.15, 0.2) is 11.5 Å². The number of hydrogen-bond donors (Lipinski definition) is 3. The molecule has 9 heteroatoms. The molecule has 1 amide bonds. The van der Waals surface area contributed by atoms with Crippen molar-refractivity contribution in [1.29, 1.82) is 0 Å². The molecule has 0 spiro atoms. The summed E-state index contributed by atoms with van der Waals surface area (Å²) in [6.45, 7) is 0.363. The van der Waals surface area contributed by atoms with Crippen LogP contribution in [-0.4, -0.2) is 56.5 Å². The molecular weight excluding hydrogens is 316 g/mol. The molecule has 2 aliphatic rings. The number of amides is 1. The Bertz CT molecular complexity index is 653. The summed E-state index contributed by atoms with van der Waals surface area (Å²) in [5.41, 5.74) is 6.91. The minimum atomic E-state index is -0.347. The van der Waals surface area contributed by atoms with Crippen molar-refractivity contribution in [2.45, 2.75) is 6.04 Å². The van der Waals surface area contributed by atoms with Gasteiger partial charge < -0.3 is 29.6 Å². The van der Waals surface area contributed by atoms with Crippen molar-refractivity contribution in [2.75, 3.05) is 39.4 Å². The minimum Gasteiger partial charge on any atom is -0.493 e. The topological polar surface area (TPSA) is 95.5 Å². The lowest BCUT2D eigenvalue weighted by Crippen LogP contribution is -2.65. The molecule has 24 heavy (non-hydrogen) atoms. The average Bonchev–Trinajstić information content (AvgIpc) is 3.07. The van der Waals surface area contributed by atoms with Crippen molar-refractivity contribution in [3.8, 4) is 17.2 Å². The molecule has 3 rings (SSSR count). The zero-order chi connectivity index (χ0) is 17.3. The van der Waals surface area contributed by atoms with Gasteiger partial charge in [0.1, 0.15) is 6.04 Å². The molecule has 2 aliphatic heterocycles. The van der Waals surface area contributed by atoms with Crippen LogP contribution in [-0.2, 0) is 4.79 Å². The first-order chi connectivity index (χ1) is 11.6. The highest BCUT2D eigenvalue weighted by molar-refractivity contribution is 6.04. The summed E-state index contributed by atoms with van der Waals surface area (Å²) in [5.74, 6) is 1.39. The largest absolute Gasteiger partial charge is 0.493 e. The fraction of sp³-hybridized carbons (Fsp3) is 0.400. The van der Waals surface area contributed by atoms with E-state index in [1.54, 1.807) is 28.2 Å². The molecule has 9 nitrogen and oxygen atoms in total. The Labute approximate surface area is 139 Å². The predicted octanol–water partition coefficient (Wildman–Crippen LogP) is -0.414. The number of β-lactam (4-membered cyclic amide) rings is 1. The van der Waals surface area contributed by atoms with Crippen LogP contribution in [0.15, 0.2) is 24.0 Å². The first-order valence-electron chi connectivity index (χ1n) is 7.35. The molecule has 2 heterocycles. The van der Waals surface area contributed by atoms with Crippen LogP contribution in [0.1, 0.15) is 0 Å². The van der Waals surface area contributed by atoms with Gasteiger partial charge in [0.05, 0.1) is 45.9 Å². The van der Waals surface area contributed by atoms with Gasteiger partial charge in [0.25, 0.3) is 5.91 Å². The van der Waals surface area contributed by atoms with Gasteiger partial charge in [-0.1, -0.05) is 0 Å². The van der Waals surface area contributed by atoms with E-state index in [9.17, 15) is 4.79 Å². The lowest BCUT2D eigenvalue weighted by Gasteiger charge is -2.42. The normalized spacial score (nSPS) is 19.6. The smallest absolute Gasteiger partial charge is 0.253 e. The number of rotatable bonds is 6. The molecule has 0 unspecified atom stereocenters. The number of benzene rings is 1. The third-order valence-corrected chi connectivity index (χ3v) is 4.01. The molecule has 0 aromatic heterocycles. The summed E-state index contributed by atoms with van der Waals surface area (Å²) in [5, 5.41) is 10.7. The number of carbonyl (C=O) groups excluding carboxylic acids is 1. The standard InChI is InChI=1S/C15H20N4O5/c1-22-12-4-10(5-13(23-2)14(12)24-3)18-7-11(15(18)21)19-6-9(8-20)16-17-19/h4-6,11,16-17,20H,7-8H2,1-3H3/t11-/m0/s1. The molecule has 1 aromatic rings. The van der Waals surface area contributed by atoms with Crippen molar-refractivity contribution in [1.82, 2.24) is 16.0 Å². The minimum absolute atomic E-state index is 0.0750. The van der Waals surface area contributed by atoms with E-state index in [4.69, 9.17) is 19.3 Å². The van der Waals surface area contributed by atoms with Crippen molar-refractivity contribution in [3.05, 3.63) is 24.0 Å². The molecule has 0 aliphatic carbocycles. The fourth-order valence-electron chi connectivity index (χ4n) is 2.69. The Balaban J connectivity index is 1.79. The molecule has 0 bridgehead atoms. The molecular formula is C15H20N4O5. The number of hydrazine groups is 2. The van der Waals surface area contributed by atoms with E-state index in [0.29, 0.717) is 35.2 Å². The average molecular weight is 336 g/mol. The van der Waals surface area contributed by atoms with E-state index in [-0.39, 0.29) is 18.6 Å². The number of carbonyl (C=O) groups is 1. The Kier molecular flexibility index (Phi) is 4.36. The van der Waals surface area contributed by atoms with Gasteiger partial charge in [-0.25, -0.2) is 0 Å². The predicted molar refractivity (Wildman–Crippen MR) is 85.5 cm³/mol. The summed E-state index contributed by atoms with van der Waals surface area (Å²) in [7, 11) is 4.59. The summed E-state index contributed by atoms with van der Waals surface area (Å²) in [4.78, 5) is 14.1. The summed E-state index contributed by atoms with van der Waals surface area (Å²) in [6, 6.07) is 3.13. The number of ether oxygens (including phenoxy) is 3. The van der Waals surface area contributed by atoms with Crippen molar-refractivity contribution in [3.63, 3.8) is 0 Å². The van der Waals surface area contributed by atoms with Crippen LogP contribution in [0.2, 0.25) is 0 Å². The van der Waals surface area contributed by atoms with E-state index in [1.165, 1.54) is 21.3 Å². The van der Waals surface area contributed by atoms with Crippen LogP contribution < -0.4 is 30.1 Å². The quantitative estimate of drug-likeness (QED) is 0.603. The third kappa shape index (κ3) is 2.57. The van der Waals surface area contributed by atoms with Gasteiger partial charge in [-0.15, -0.1) is 5.53 Å². The van der Waals surface area contributed by atoms with Crippen LogP contribution in [0.4, 0.5) is 5.69 Å². The molecule has 0 radical (unpaired) electrons. The van der Waals surface area contributed by atoms with Crippen molar-refractivity contribution >= 4 is 11.6 Å². The second kappa shape index (κ2) is 6.46. The molecule has 130 valence electrons. The second-order valence-corrected chi connectivity index (χ2v) is 5.30. The number of aliphatic hydroxyl groups is 1. The molecule has 1 atom stereocenters. The fourth-order valence-corrected chi connectivity index (χ4v) is 2.69. The SMILES string of the molecule is COc1cc(N2C[C@H](N3C=C(CO)NN3)C2=O)cc(OC)c1OC. The highest BCUT2D eigenvalue weighted by Gasteiger charge is 2.43. The summed E-state index contributed by atoms with van der Waals surface area (Å²) >= 11 is 0. The zero-order valence-electron chi connectivity index (χ0n) is 13.7. The number of nitrogens with zero attached hydrogens (tertiary/aromatic N) is 2. The van der Waals surface area contributed by atoms with Gasteiger partial charge in [0, 0.05) is 18.3 Å². The Hall–Kier alpha value is -2.65. The maximum atomic E-state index is 12.5. The second-order valence-electron chi connectivity index (χ2n) is 5.30. The Morgan fingerprint density at radius 3 is 2.33 bits per heavy atom.